The second-order valence-corrected chi connectivity index (χ2v) is 7.70. The van der Waals surface area contributed by atoms with Crippen LogP contribution in [-0.4, -0.2) is 39.3 Å². The van der Waals surface area contributed by atoms with Crippen molar-refractivity contribution in [3.63, 3.8) is 0 Å². The Morgan fingerprint density at radius 1 is 1.16 bits per heavy atom. The van der Waals surface area contributed by atoms with Crippen LogP contribution in [0.25, 0.3) is 0 Å². The Labute approximate surface area is 148 Å². The summed E-state index contributed by atoms with van der Waals surface area (Å²) < 4.78 is 38.9. The number of benzene rings is 1. The topological polar surface area (TPSA) is 77.5 Å². The molecule has 2 heterocycles. The van der Waals surface area contributed by atoms with Crippen LogP contribution in [0.15, 0.2) is 53.7 Å². The van der Waals surface area contributed by atoms with Gasteiger partial charge in [-0.05, 0) is 55.3 Å². The predicted molar refractivity (Wildman–Crippen MR) is 94.0 cm³/mol. The molecule has 25 heavy (non-hydrogen) atoms. The van der Waals surface area contributed by atoms with Crippen molar-refractivity contribution < 1.29 is 17.9 Å². The highest BCUT2D eigenvalue weighted by molar-refractivity contribution is 7.89. The maximum absolute atomic E-state index is 12.6. The van der Waals surface area contributed by atoms with E-state index in [0.717, 1.165) is 12.0 Å². The van der Waals surface area contributed by atoms with Gasteiger partial charge in [0.05, 0.1) is 30.8 Å². The molecule has 1 aromatic carbocycles. The fourth-order valence-corrected chi connectivity index (χ4v) is 4.19. The molecule has 0 unspecified atom stereocenters. The Morgan fingerprint density at radius 3 is 2.56 bits per heavy atom. The number of sulfonamides is 1. The number of aromatic nitrogens is 1. The maximum Gasteiger partial charge on any atom is 0.240 e. The Balaban J connectivity index is 1.68. The highest BCUT2D eigenvalue weighted by Gasteiger charge is 2.32. The molecule has 1 aromatic heterocycles. The second kappa shape index (κ2) is 7.95. The molecule has 0 aliphatic carbocycles. The molecule has 1 N–H and O–H groups in total. The van der Waals surface area contributed by atoms with Crippen LogP contribution in [0.4, 0.5) is 0 Å². The number of hydrogen-bond acceptors (Lipinski definition) is 5. The van der Waals surface area contributed by atoms with Crippen LogP contribution in [0.2, 0.25) is 0 Å². The van der Waals surface area contributed by atoms with Crippen LogP contribution in [0.3, 0.4) is 0 Å². The van der Waals surface area contributed by atoms with Gasteiger partial charge in [-0.3, -0.25) is 4.98 Å². The van der Waals surface area contributed by atoms with E-state index in [2.05, 4.69) is 9.71 Å². The van der Waals surface area contributed by atoms with Crippen LogP contribution in [-0.2, 0) is 21.2 Å². The molecule has 1 saturated heterocycles. The molecule has 1 aliphatic rings. The third-order valence-electron chi connectivity index (χ3n) is 4.20. The minimum atomic E-state index is -3.60. The first-order valence-electron chi connectivity index (χ1n) is 8.30. The van der Waals surface area contributed by atoms with Gasteiger partial charge in [0.1, 0.15) is 5.75 Å². The van der Waals surface area contributed by atoms with E-state index in [1.807, 2.05) is 19.1 Å². The van der Waals surface area contributed by atoms with Gasteiger partial charge in [-0.1, -0.05) is 0 Å². The van der Waals surface area contributed by atoms with Gasteiger partial charge in [0.15, 0.2) is 0 Å². The van der Waals surface area contributed by atoms with Crippen molar-refractivity contribution in [1.82, 2.24) is 9.71 Å². The molecule has 3 rings (SSSR count). The summed E-state index contributed by atoms with van der Waals surface area (Å²) in [6.07, 6.45) is 4.23. The lowest BCUT2D eigenvalue weighted by Gasteiger charge is -2.19. The average Bonchev–Trinajstić information content (AvgIpc) is 3.03. The van der Waals surface area contributed by atoms with E-state index < -0.39 is 10.0 Å². The monoisotopic (exact) mass is 362 g/mol. The molecule has 0 radical (unpaired) electrons. The van der Waals surface area contributed by atoms with Gasteiger partial charge in [0.25, 0.3) is 0 Å². The molecule has 7 heteroatoms. The summed E-state index contributed by atoms with van der Waals surface area (Å²) in [6.45, 7) is 3.35. The summed E-state index contributed by atoms with van der Waals surface area (Å²) in [5.74, 6) is 0.751. The molecule has 0 spiro atoms. The highest BCUT2D eigenvalue weighted by Crippen LogP contribution is 2.22. The van der Waals surface area contributed by atoms with E-state index in [1.165, 1.54) is 0 Å². The Morgan fingerprint density at radius 2 is 1.88 bits per heavy atom. The molecule has 6 nitrogen and oxygen atoms in total. The zero-order valence-corrected chi connectivity index (χ0v) is 14.9. The number of nitrogens with one attached hydrogen (secondary N) is 1. The highest BCUT2D eigenvalue weighted by atomic mass is 32.2. The molecular weight excluding hydrogens is 340 g/mol. The average molecular weight is 362 g/mol. The SMILES string of the molecule is CCOc1ccc(S(=O)(=O)N[C@H]2COC[C@H]2Cc2ccncc2)cc1. The molecule has 0 amide bonds. The van der Waals surface area contributed by atoms with Gasteiger partial charge < -0.3 is 9.47 Å². The predicted octanol–water partition coefficient (Wildman–Crippen LogP) is 2.02. The molecule has 2 aromatic rings. The lowest BCUT2D eigenvalue weighted by molar-refractivity contribution is 0.183. The lowest BCUT2D eigenvalue weighted by atomic mass is 9.96. The van der Waals surface area contributed by atoms with Crippen molar-refractivity contribution >= 4 is 10.0 Å². The first kappa shape index (κ1) is 17.8. The molecule has 1 fully saturated rings. The lowest BCUT2D eigenvalue weighted by Crippen LogP contribution is -2.40. The van der Waals surface area contributed by atoms with Crippen molar-refractivity contribution in [2.24, 2.45) is 5.92 Å². The van der Waals surface area contributed by atoms with Gasteiger partial charge in [-0.2, -0.15) is 0 Å². The van der Waals surface area contributed by atoms with Crippen molar-refractivity contribution in [2.75, 3.05) is 19.8 Å². The van der Waals surface area contributed by atoms with Crippen LogP contribution in [0.5, 0.6) is 5.75 Å². The molecular formula is C18H22N2O4S. The van der Waals surface area contributed by atoms with Crippen molar-refractivity contribution in [3.8, 4) is 5.75 Å². The van der Waals surface area contributed by atoms with Gasteiger partial charge in [0.2, 0.25) is 10.0 Å². The fraction of sp³-hybridized carbons (Fsp3) is 0.389. The minimum absolute atomic E-state index is 0.0971. The molecule has 0 saturated carbocycles. The maximum atomic E-state index is 12.6. The van der Waals surface area contributed by atoms with Crippen LogP contribution in [0.1, 0.15) is 12.5 Å². The van der Waals surface area contributed by atoms with E-state index in [1.54, 1.807) is 36.7 Å². The van der Waals surface area contributed by atoms with E-state index in [4.69, 9.17) is 9.47 Å². The van der Waals surface area contributed by atoms with Crippen LogP contribution >= 0.6 is 0 Å². The van der Waals surface area contributed by atoms with E-state index in [0.29, 0.717) is 25.6 Å². The quantitative estimate of drug-likeness (QED) is 0.815. The standard InChI is InChI=1S/C18H22N2O4S/c1-2-24-16-3-5-17(6-4-16)25(21,22)20-18-13-23-12-15(18)11-14-7-9-19-10-8-14/h3-10,15,18,20H,2,11-13H2,1H3/t15-,18+/m1/s1. The largest absolute Gasteiger partial charge is 0.494 e. The van der Waals surface area contributed by atoms with Gasteiger partial charge in [-0.25, -0.2) is 13.1 Å². The molecule has 0 bridgehead atoms. The number of pyridine rings is 1. The third-order valence-corrected chi connectivity index (χ3v) is 5.70. The number of rotatable bonds is 7. The first-order chi connectivity index (χ1) is 12.1. The van der Waals surface area contributed by atoms with Crippen molar-refractivity contribution in [3.05, 3.63) is 54.4 Å². The number of ether oxygens (including phenoxy) is 2. The van der Waals surface area contributed by atoms with E-state index in [9.17, 15) is 8.42 Å². The third kappa shape index (κ3) is 4.56. The summed E-state index contributed by atoms with van der Waals surface area (Å²) >= 11 is 0. The van der Waals surface area contributed by atoms with E-state index >= 15 is 0 Å². The van der Waals surface area contributed by atoms with Gasteiger partial charge >= 0.3 is 0 Å². The first-order valence-corrected chi connectivity index (χ1v) is 9.78. The van der Waals surface area contributed by atoms with E-state index in [-0.39, 0.29) is 16.9 Å². The number of nitrogens with zero attached hydrogens (tertiary/aromatic N) is 1. The smallest absolute Gasteiger partial charge is 0.240 e. The van der Waals surface area contributed by atoms with Crippen LogP contribution < -0.4 is 9.46 Å². The summed E-state index contributed by atoms with van der Waals surface area (Å²) in [5, 5.41) is 0. The summed E-state index contributed by atoms with van der Waals surface area (Å²) in [7, 11) is -3.60. The Bertz CT molecular complexity index is 778. The molecule has 134 valence electrons. The number of hydrogen-bond donors (Lipinski definition) is 1. The Hall–Kier alpha value is -1.96. The molecule has 1 aliphatic heterocycles. The zero-order valence-electron chi connectivity index (χ0n) is 14.1. The van der Waals surface area contributed by atoms with Crippen LogP contribution in [0, 0.1) is 5.92 Å². The van der Waals surface area contributed by atoms with Gasteiger partial charge in [-0.15, -0.1) is 0 Å². The molecule has 2 atom stereocenters. The summed E-state index contributed by atoms with van der Waals surface area (Å²) in [5.41, 5.74) is 1.12. The second-order valence-electron chi connectivity index (χ2n) is 5.99. The van der Waals surface area contributed by atoms with Crippen molar-refractivity contribution in [1.29, 1.82) is 0 Å². The zero-order chi connectivity index (χ0) is 17.7. The summed E-state index contributed by atoms with van der Waals surface area (Å²) in [6, 6.07) is 10.1. The fourth-order valence-electron chi connectivity index (χ4n) is 2.90. The Kier molecular flexibility index (Phi) is 5.67. The minimum Gasteiger partial charge on any atom is -0.494 e. The normalized spacial score (nSPS) is 20.5. The van der Waals surface area contributed by atoms with Crippen molar-refractivity contribution in [2.45, 2.75) is 24.3 Å². The summed E-state index contributed by atoms with van der Waals surface area (Å²) in [4.78, 5) is 4.23. The van der Waals surface area contributed by atoms with Gasteiger partial charge in [0, 0.05) is 18.3 Å².